The van der Waals surface area contributed by atoms with E-state index in [2.05, 4.69) is 10.1 Å². The first-order chi connectivity index (χ1) is 9.32. The van der Waals surface area contributed by atoms with Crippen LogP contribution in [0.25, 0.3) is 0 Å². The third-order valence-electron chi connectivity index (χ3n) is 3.36. The minimum atomic E-state index is -4.20. The summed E-state index contributed by atoms with van der Waals surface area (Å²) < 4.78 is 42.5. The fourth-order valence-electron chi connectivity index (χ4n) is 2.37. The van der Waals surface area contributed by atoms with Gasteiger partial charge in [-0.25, -0.2) is 0 Å². The number of hydrogen-bond acceptors (Lipinski definition) is 3. The standard InChI is InChI=1S/C13H20F3NO3/c1-2-20-12(19)7-6-11(18)17-10-5-3-4-9(8-10)13(14,15)16/h9-10H,2-8H2,1H3,(H,17,18). The quantitative estimate of drug-likeness (QED) is 0.793. The molecule has 4 nitrogen and oxygen atoms in total. The van der Waals surface area contributed by atoms with Crippen molar-refractivity contribution in [2.45, 2.75) is 57.7 Å². The van der Waals surface area contributed by atoms with Crippen LogP contribution in [0.4, 0.5) is 13.2 Å². The van der Waals surface area contributed by atoms with E-state index in [0.29, 0.717) is 12.8 Å². The molecular formula is C13H20F3NO3. The molecule has 20 heavy (non-hydrogen) atoms. The molecule has 1 saturated carbocycles. The summed E-state index contributed by atoms with van der Waals surface area (Å²) in [7, 11) is 0. The SMILES string of the molecule is CCOC(=O)CCC(=O)NC1CCCC(C(F)(F)F)C1. The van der Waals surface area contributed by atoms with E-state index in [0.717, 1.165) is 0 Å². The molecule has 0 aromatic rings. The molecule has 0 bridgehead atoms. The molecule has 2 unspecified atom stereocenters. The van der Waals surface area contributed by atoms with Crippen molar-refractivity contribution in [3.8, 4) is 0 Å². The van der Waals surface area contributed by atoms with E-state index >= 15 is 0 Å². The Labute approximate surface area is 116 Å². The molecule has 7 heteroatoms. The monoisotopic (exact) mass is 295 g/mol. The summed E-state index contributed by atoms with van der Waals surface area (Å²) in [6, 6.07) is -0.454. The second kappa shape index (κ2) is 7.50. The van der Waals surface area contributed by atoms with Crippen molar-refractivity contribution in [3.05, 3.63) is 0 Å². The lowest BCUT2D eigenvalue weighted by atomic mass is 9.85. The first-order valence-corrected chi connectivity index (χ1v) is 6.84. The number of carbonyl (C=O) groups excluding carboxylic acids is 2. The van der Waals surface area contributed by atoms with Crippen molar-refractivity contribution >= 4 is 11.9 Å². The Kier molecular flexibility index (Phi) is 6.29. The van der Waals surface area contributed by atoms with Gasteiger partial charge in [-0.3, -0.25) is 9.59 Å². The van der Waals surface area contributed by atoms with Gasteiger partial charge in [0.25, 0.3) is 0 Å². The van der Waals surface area contributed by atoms with Gasteiger partial charge in [0.1, 0.15) is 0 Å². The molecule has 0 aromatic carbocycles. The maximum Gasteiger partial charge on any atom is 0.391 e. The van der Waals surface area contributed by atoms with Gasteiger partial charge in [-0.1, -0.05) is 6.42 Å². The van der Waals surface area contributed by atoms with Gasteiger partial charge in [0.05, 0.1) is 18.9 Å². The zero-order valence-corrected chi connectivity index (χ0v) is 11.5. The Balaban J connectivity index is 2.33. The lowest BCUT2D eigenvalue weighted by molar-refractivity contribution is -0.184. The minimum Gasteiger partial charge on any atom is -0.466 e. The minimum absolute atomic E-state index is 0.0465. The Morgan fingerprint density at radius 2 is 1.95 bits per heavy atom. The normalized spacial score (nSPS) is 23.2. The molecule has 0 spiro atoms. The molecule has 0 radical (unpaired) electrons. The van der Waals surface area contributed by atoms with E-state index in [1.54, 1.807) is 6.92 Å². The fourth-order valence-corrected chi connectivity index (χ4v) is 2.37. The molecule has 1 fully saturated rings. The van der Waals surface area contributed by atoms with Crippen LogP contribution in [0.15, 0.2) is 0 Å². The second-order valence-electron chi connectivity index (χ2n) is 4.97. The molecule has 1 aliphatic rings. The summed E-state index contributed by atoms with van der Waals surface area (Å²) in [4.78, 5) is 22.6. The highest BCUT2D eigenvalue weighted by Gasteiger charge is 2.42. The molecule has 1 amide bonds. The number of alkyl halides is 3. The van der Waals surface area contributed by atoms with Crippen LogP contribution < -0.4 is 5.32 Å². The van der Waals surface area contributed by atoms with Crippen LogP contribution in [0.3, 0.4) is 0 Å². The molecule has 2 atom stereocenters. The van der Waals surface area contributed by atoms with Crippen LogP contribution in [-0.4, -0.2) is 30.7 Å². The van der Waals surface area contributed by atoms with Gasteiger partial charge in [-0.2, -0.15) is 13.2 Å². The van der Waals surface area contributed by atoms with Gasteiger partial charge < -0.3 is 10.1 Å². The van der Waals surface area contributed by atoms with E-state index in [1.165, 1.54) is 0 Å². The van der Waals surface area contributed by atoms with Crippen LogP contribution in [0, 0.1) is 5.92 Å². The van der Waals surface area contributed by atoms with Gasteiger partial charge in [0, 0.05) is 12.5 Å². The molecule has 1 N–H and O–H groups in total. The average Bonchev–Trinajstić information content (AvgIpc) is 2.36. The van der Waals surface area contributed by atoms with Crippen LogP contribution in [0.2, 0.25) is 0 Å². The van der Waals surface area contributed by atoms with Crippen molar-refractivity contribution in [1.82, 2.24) is 5.32 Å². The highest BCUT2D eigenvalue weighted by Crippen LogP contribution is 2.37. The highest BCUT2D eigenvalue weighted by molar-refractivity contribution is 5.81. The lowest BCUT2D eigenvalue weighted by Crippen LogP contribution is -2.41. The summed E-state index contributed by atoms with van der Waals surface area (Å²) in [5.74, 6) is -2.21. The lowest BCUT2D eigenvalue weighted by Gasteiger charge is -2.31. The molecule has 0 aromatic heterocycles. The van der Waals surface area contributed by atoms with Gasteiger partial charge in [0.15, 0.2) is 0 Å². The Bertz CT molecular complexity index is 344. The van der Waals surface area contributed by atoms with Gasteiger partial charge in [0.2, 0.25) is 5.91 Å². The molecular weight excluding hydrogens is 275 g/mol. The van der Waals surface area contributed by atoms with E-state index in [1.807, 2.05) is 0 Å². The van der Waals surface area contributed by atoms with Crippen LogP contribution in [-0.2, 0) is 14.3 Å². The number of rotatable bonds is 5. The number of esters is 1. The van der Waals surface area contributed by atoms with Crippen molar-refractivity contribution in [1.29, 1.82) is 0 Å². The smallest absolute Gasteiger partial charge is 0.391 e. The van der Waals surface area contributed by atoms with E-state index in [-0.39, 0.29) is 32.3 Å². The molecule has 116 valence electrons. The molecule has 1 rings (SSSR count). The van der Waals surface area contributed by atoms with Crippen LogP contribution >= 0.6 is 0 Å². The van der Waals surface area contributed by atoms with Gasteiger partial charge in [-0.05, 0) is 26.2 Å². The summed E-state index contributed by atoms with van der Waals surface area (Å²) in [5, 5.41) is 2.57. The Hall–Kier alpha value is -1.27. The van der Waals surface area contributed by atoms with Gasteiger partial charge >= 0.3 is 12.1 Å². The third kappa shape index (κ3) is 5.79. The summed E-state index contributed by atoms with van der Waals surface area (Å²) in [6.07, 6.45) is -3.24. The Morgan fingerprint density at radius 3 is 2.55 bits per heavy atom. The van der Waals surface area contributed by atoms with Crippen molar-refractivity contribution in [2.75, 3.05) is 6.61 Å². The summed E-state index contributed by atoms with van der Waals surface area (Å²) >= 11 is 0. The van der Waals surface area contributed by atoms with Crippen LogP contribution in [0.5, 0.6) is 0 Å². The van der Waals surface area contributed by atoms with Gasteiger partial charge in [-0.15, -0.1) is 0 Å². The first-order valence-electron chi connectivity index (χ1n) is 6.84. The number of carbonyl (C=O) groups is 2. The van der Waals surface area contributed by atoms with E-state index < -0.39 is 30.0 Å². The topological polar surface area (TPSA) is 55.4 Å². The molecule has 1 aliphatic carbocycles. The van der Waals surface area contributed by atoms with Crippen molar-refractivity contribution in [3.63, 3.8) is 0 Å². The average molecular weight is 295 g/mol. The second-order valence-corrected chi connectivity index (χ2v) is 4.97. The number of hydrogen-bond donors (Lipinski definition) is 1. The molecule has 0 heterocycles. The number of halogens is 3. The van der Waals surface area contributed by atoms with E-state index in [4.69, 9.17) is 0 Å². The molecule has 0 aliphatic heterocycles. The molecule has 0 saturated heterocycles. The highest BCUT2D eigenvalue weighted by atomic mass is 19.4. The third-order valence-corrected chi connectivity index (χ3v) is 3.36. The summed E-state index contributed by atoms with van der Waals surface area (Å²) in [5.41, 5.74) is 0. The zero-order valence-electron chi connectivity index (χ0n) is 11.5. The van der Waals surface area contributed by atoms with Crippen LogP contribution in [0.1, 0.15) is 45.4 Å². The maximum absolute atomic E-state index is 12.6. The summed E-state index contributed by atoms with van der Waals surface area (Å²) in [6.45, 7) is 1.91. The fraction of sp³-hybridized carbons (Fsp3) is 0.846. The predicted octanol–water partition coefficient (Wildman–Crippen LogP) is 2.57. The van der Waals surface area contributed by atoms with E-state index in [9.17, 15) is 22.8 Å². The van der Waals surface area contributed by atoms with Crippen molar-refractivity contribution < 1.29 is 27.5 Å². The van der Waals surface area contributed by atoms with Crippen molar-refractivity contribution in [2.24, 2.45) is 5.92 Å². The zero-order chi connectivity index (χ0) is 15.2. The first kappa shape index (κ1) is 16.8. The number of nitrogens with one attached hydrogen (secondary N) is 1. The number of ether oxygens (including phenoxy) is 1. The maximum atomic E-state index is 12.6. The predicted molar refractivity (Wildman–Crippen MR) is 65.8 cm³/mol. The largest absolute Gasteiger partial charge is 0.466 e. The number of amides is 1. The Morgan fingerprint density at radius 1 is 1.25 bits per heavy atom.